The van der Waals surface area contributed by atoms with Gasteiger partial charge in [0.15, 0.2) is 0 Å². The first-order valence-corrected chi connectivity index (χ1v) is 10.1. The first-order valence-electron chi connectivity index (χ1n) is 8.73. The van der Waals surface area contributed by atoms with E-state index in [9.17, 15) is 13.2 Å². The van der Waals surface area contributed by atoms with Crippen LogP contribution in [-0.4, -0.2) is 80.2 Å². The molecule has 0 aromatic rings. The molecule has 0 atom stereocenters. The molecule has 3 aliphatic rings. The number of carbonyl (C=O) groups excluding carboxylic acids is 1. The molecule has 1 N–H and O–H groups in total. The number of nitrogens with one attached hydrogen (secondary N) is 1. The number of piperazine rings is 1. The number of halogens is 1. The second kappa shape index (κ2) is 8.31. The predicted molar refractivity (Wildman–Crippen MR) is 95.3 cm³/mol. The summed E-state index contributed by atoms with van der Waals surface area (Å²) in [5.41, 5.74) is 0. The molecular formula is C15H29ClN4O3S. The molecule has 2 saturated heterocycles. The van der Waals surface area contributed by atoms with E-state index in [1.54, 1.807) is 15.7 Å². The molecule has 1 amide bonds. The molecule has 0 aromatic heterocycles. The van der Waals surface area contributed by atoms with Crippen LogP contribution in [0.1, 0.15) is 32.1 Å². The Balaban J connectivity index is 0.00000208. The topological polar surface area (TPSA) is 73.0 Å². The van der Waals surface area contributed by atoms with Crippen molar-refractivity contribution in [2.45, 2.75) is 38.1 Å². The van der Waals surface area contributed by atoms with Gasteiger partial charge in [-0.3, -0.25) is 4.79 Å². The Hall–Kier alpha value is -0.410. The molecule has 9 heteroatoms. The van der Waals surface area contributed by atoms with Gasteiger partial charge in [-0.1, -0.05) is 19.3 Å². The first kappa shape index (κ1) is 19.9. The average Bonchev–Trinajstić information content (AvgIpc) is 2.53. The Labute approximate surface area is 151 Å². The highest BCUT2D eigenvalue weighted by Gasteiger charge is 2.37. The molecule has 24 heavy (non-hydrogen) atoms. The van der Waals surface area contributed by atoms with Crippen LogP contribution in [0.15, 0.2) is 0 Å². The smallest absolute Gasteiger partial charge is 0.282 e. The third-order valence-corrected chi connectivity index (χ3v) is 7.50. The quantitative estimate of drug-likeness (QED) is 0.760. The van der Waals surface area contributed by atoms with Gasteiger partial charge in [-0.15, -0.1) is 12.4 Å². The van der Waals surface area contributed by atoms with Crippen molar-refractivity contribution in [2.24, 2.45) is 5.92 Å². The normalized spacial score (nSPS) is 24.5. The zero-order chi connectivity index (χ0) is 16.4. The number of nitrogens with zero attached hydrogens (tertiary/aromatic N) is 3. The third-order valence-electron chi connectivity index (χ3n) is 5.46. The Bertz CT molecular complexity index is 527. The van der Waals surface area contributed by atoms with E-state index in [1.807, 2.05) is 4.90 Å². The summed E-state index contributed by atoms with van der Waals surface area (Å²) in [5.74, 6) is 0.254. The summed E-state index contributed by atoms with van der Waals surface area (Å²) in [6.07, 6.45) is 5.36. The van der Waals surface area contributed by atoms with E-state index >= 15 is 0 Å². The molecule has 0 bridgehead atoms. The molecule has 0 unspecified atom stereocenters. The van der Waals surface area contributed by atoms with E-state index in [-0.39, 0.29) is 30.3 Å². The van der Waals surface area contributed by atoms with E-state index in [4.69, 9.17) is 0 Å². The zero-order valence-electron chi connectivity index (χ0n) is 14.3. The van der Waals surface area contributed by atoms with Gasteiger partial charge in [0.25, 0.3) is 10.2 Å². The minimum atomic E-state index is -3.41. The summed E-state index contributed by atoms with van der Waals surface area (Å²) >= 11 is 0. The molecule has 7 nitrogen and oxygen atoms in total. The lowest BCUT2D eigenvalue weighted by Crippen LogP contribution is -2.58. The van der Waals surface area contributed by atoms with Crippen molar-refractivity contribution < 1.29 is 13.2 Å². The maximum Gasteiger partial charge on any atom is 0.282 e. The number of hydrogen-bond donors (Lipinski definition) is 1. The Morgan fingerprint density at radius 1 is 1.04 bits per heavy atom. The van der Waals surface area contributed by atoms with E-state index < -0.39 is 10.2 Å². The second-order valence-corrected chi connectivity index (χ2v) is 8.88. The van der Waals surface area contributed by atoms with Crippen LogP contribution in [-0.2, 0) is 15.0 Å². The Kier molecular flexibility index (Phi) is 6.90. The summed E-state index contributed by atoms with van der Waals surface area (Å²) in [6.45, 7) is 3.33. The van der Waals surface area contributed by atoms with Gasteiger partial charge >= 0.3 is 0 Å². The van der Waals surface area contributed by atoms with Crippen molar-refractivity contribution in [3.63, 3.8) is 0 Å². The second-order valence-electron chi connectivity index (χ2n) is 6.90. The van der Waals surface area contributed by atoms with E-state index in [0.717, 1.165) is 38.8 Å². The van der Waals surface area contributed by atoms with Crippen molar-refractivity contribution >= 4 is 28.5 Å². The molecule has 1 aliphatic carbocycles. The minimum absolute atomic E-state index is 0. The molecular weight excluding hydrogens is 352 g/mol. The molecule has 0 spiro atoms. The summed E-state index contributed by atoms with van der Waals surface area (Å²) in [4.78, 5) is 14.0. The van der Waals surface area contributed by atoms with Crippen molar-refractivity contribution in [1.29, 1.82) is 0 Å². The Morgan fingerprint density at radius 3 is 2.12 bits per heavy atom. The lowest BCUT2D eigenvalue weighted by Gasteiger charge is -2.40. The maximum absolute atomic E-state index is 12.8. The van der Waals surface area contributed by atoms with Crippen molar-refractivity contribution in [3.05, 3.63) is 0 Å². The molecule has 0 radical (unpaired) electrons. The van der Waals surface area contributed by atoms with Crippen LogP contribution in [0.4, 0.5) is 0 Å². The van der Waals surface area contributed by atoms with E-state index in [0.29, 0.717) is 26.2 Å². The van der Waals surface area contributed by atoms with Crippen LogP contribution in [0.3, 0.4) is 0 Å². The monoisotopic (exact) mass is 380 g/mol. The fourth-order valence-electron chi connectivity index (χ4n) is 3.68. The van der Waals surface area contributed by atoms with Gasteiger partial charge in [0.1, 0.15) is 0 Å². The highest BCUT2D eigenvalue weighted by atomic mass is 35.5. The summed E-state index contributed by atoms with van der Waals surface area (Å²) < 4.78 is 28.7. The maximum atomic E-state index is 12.8. The third kappa shape index (κ3) is 4.04. The van der Waals surface area contributed by atoms with Gasteiger partial charge in [-0.2, -0.15) is 17.0 Å². The number of carbonyl (C=O) groups is 1. The largest absolute Gasteiger partial charge is 0.340 e. The SMILES string of the molecule is CN(C1CCCCC1)S(=O)(=O)N1CCN(C(=O)C2CNC2)CC1.Cl. The zero-order valence-corrected chi connectivity index (χ0v) is 15.9. The highest BCUT2D eigenvalue weighted by molar-refractivity contribution is 7.86. The van der Waals surface area contributed by atoms with Crippen molar-refractivity contribution in [1.82, 2.24) is 18.8 Å². The van der Waals surface area contributed by atoms with E-state index in [1.165, 1.54) is 6.42 Å². The molecule has 2 heterocycles. The number of hydrogen-bond acceptors (Lipinski definition) is 4. The molecule has 140 valence electrons. The van der Waals surface area contributed by atoms with Crippen LogP contribution >= 0.6 is 12.4 Å². The van der Waals surface area contributed by atoms with Crippen LogP contribution in [0.5, 0.6) is 0 Å². The van der Waals surface area contributed by atoms with E-state index in [2.05, 4.69) is 5.32 Å². The van der Waals surface area contributed by atoms with Crippen LogP contribution in [0.25, 0.3) is 0 Å². The van der Waals surface area contributed by atoms with Gasteiger partial charge in [0, 0.05) is 52.4 Å². The van der Waals surface area contributed by atoms with Gasteiger partial charge in [0.2, 0.25) is 5.91 Å². The first-order chi connectivity index (χ1) is 11.0. The molecule has 3 rings (SSSR count). The Morgan fingerprint density at radius 2 is 1.62 bits per heavy atom. The van der Waals surface area contributed by atoms with Gasteiger partial charge < -0.3 is 10.2 Å². The summed E-state index contributed by atoms with van der Waals surface area (Å²) in [7, 11) is -1.70. The summed E-state index contributed by atoms with van der Waals surface area (Å²) in [6, 6.07) is 0.134. The number of amides is 1. The fraction of sp³-hybridized carbons (Fsp3) is 0.933. The van der Waals surface area contributed by atoms with Crippen LogP contribution < -0.4 is 5.32 Å². The van der Waals surface area contributed by atoms with Crippen LogP contribution in [0.2, 0.25) is 0 Å². The highest BCUT2D eigenvalue weighted by Crippen LogP contribution is 2.25. The average molecular weight is 381 g/mol. The minimum Gasteiger partial charge on any atom is -0.340 e. The van der Waals surface area contributed by atoms with Gasteiger partial charge in [-0.05, 0) is 12.8 Å². The van der Waals surface area contributed by atoms with Gasteiger partial charge in [0.05, 0.1) is 5.92 Å². The predicted octanol–water partition coefficient (Wildman–Crippen LogP) is 0.281. The number of rotatable bonds is 4. The van der Waals surface area contributed by atoms with Gasteiger partial charge in [-0.25, -0.2) is 0 Å². The fourth-order valence-corrected chi connectivity index (χ4v) is 5.25. The van der Waals surface area contributed by atoms with Crippen molar-refractivity contribution in [3.8, 4) is 0 Å². The molecule has 1 saturated carbocycles. The molecule has 2 aliphatic heterocycles. The van der Waals surface area contributed by atoms with Crippen molar-refractivity contribution in [2.75, 3.05) is 46.3 Å². The lowest BCUT2D eigenvalue weighted by molar-refractivity contribution is -0.138. The molecule has 0 aromatic carbocycles. The standard InChI is InChI=1S/C15H28N4O3S.ClH/c1-17(14-5-3-2-4-6-14)23(21,22)19-9-7-18(8-10-19)15(20)13-11-16-12-13;/h13-14,16H,2-12H2,1H3;1H. The summed E-state index contributed by atoms with van der Waals surface area (Å²) in [5, 5.41) is 3.11. The molecule has 3 fully saturated rings. The lowest BCUT2D eigenvalue weighted by atomic mass is 9.96. The van der Waals surface area contributed by atoms with Crippen LogP contribution in [0, 0.1) is 5.92 Å².